The average molecular weight is 491 g/mol. The summed E-state index contributed by atoms with van der Waals surface area (Å²) in [5.41, 5.74) is 9.45. The zero-order chi connectivity index (χ0) is 24.8. The molecule has 3 aliphatic heterocycles. The third-order valence-corrected chi connectivity index (χ3v) is 7.94. The van der Waals surface area contributed by atoms with E-state index in [1.165, 1.54) is 5.56 Å². The number of β-amino-alcohol motifs (C(OH)–C–C–N with tert-alkyl or cyclic N) is 1. The van der Waals surface area contributed by atoms with Crippen LogP contribution >= 0.6 is 0 Å². The fraction of sp³-hybridized carbons (Fsp3) is 0.462. The normalized spacial score (nSPS) is 21.8. The summed E-state index contributed by atoms with van der Waals surface area (Å²) in [5.74, 6) is -0.188. The lowest BCUT2D eigenvalue weighted by Gasteiger charge is -2.37. The van der Waals surface area contributed by atoms with Gasteiger partial charge in [0, 0.05) is 38.3 Å². The monoisotopic (exact) mass is 490 g/mol. The van der Waals surface area contributed by atoms with Crippen LogP contribution in [0.1, 0.15) is 56.6 Å². The fourth-order valence-corrected chi connectivity index (χ4v) is 5.82. The minimum absolute atomic E-state index is 0.0916. The van der Waals surface area contributed by atoms with Gasteiger partial charge in [0.05, 0.1) is 23.3 Å². The van der Waals surface area contributed by atoms with E-state index in [1.807, 2.05) is 29.0 Å². The molecule has 2 aromatic rings. The third-order valence-electron chi connectivity index (χ3n) is 7.94. The summed E-state index contributed by atoms with van der Waals surface area (Å²) in [7, 11) is 0. The van der Waals surface area contributed by atoms with E-state index < -0.39 is 6.10 Å². The molecule has 4 aliphatic rings. The Hall–Kier alpha value is -3.50. The molecular formula is C26H30N6O4. The maximum absolute atomic E-state index is 13.4. The summed E-state index contributed by atoms with van der Waals surface area (Å²) in [6.45, 7) is 5.94. The average Bonchev–Trinajstić information content (AvgIpc) is 3.64. The molecule has 0 spiro atoms. The van der Waals surface area contributed by atoms with Gasteiger partial charge in [-0.25, -0.2) is 9.80 Å². The third kappa shape index (κ3) is 4.00. The highest BCUT2D eigenvalue weighted by molar-refractivity contribution is 5.94. The number of aryl methyl sites for hydroxylation is 1. The molecule has 2 N–H and O–H groups in total. The number of ether oxygens (including phenoxy) is 1. The lowest BCUT2D eigenvalue weighted by Crippen LogP contribution is -2.50. The molecule has 0 radical (unpaired) electrons. The molecule has 1 fully saturated rings. The van der Waals surface area contributed by atoms with E-state index in [0.717, 1.165) is 53.9 Å². The zero-order valence-corrected chi connectivity index (χ0v) is 20.3. The summed E-state index contributed by atoms with van der Waals surface area (Å²) >= 11 is 0. The Balaban J connectivity index is 1.05. The number of hydrogen-bond donors (Lipinski definition) is 2. The molecular weight excluding hydrogens is 460 g/mol. The summed E-state index contributed by atoms with van der Waals surface area (Å²) in [6, 6.07) is 9.81. The molecule has 3 heterocycles. The van der Waals surface area contributed by atoms with Gasteiger partial charge in [0.25, 0.3) is 0 Å². The smallest absolute Gasteiger partial charge is 0.338 e. The molecule has 0 bridgehead atoms. The second kappa shape index (κ2) is 9.18. The van der Waals surface area contributed by atoms with Gasteiger partial charge in [-0.15, -0.1) is 5.11 Å². The number of hydrogen-bond acceptors (Lipinski definition) is 9. The summed E-state index contributed by atoms with van der Waals surface area (Å²) in [5, 5.41) is 20.6. The number of nitrogens with zero attached hydrogens (tertiary/aromatic N) is 5. The number of amides is 1. The van der Waals surface area contributed by atoms with E-state index in [0.29, 0.717) is 31.9 Å². The van der Waals surface area contributed by atoms with Crippen molar-refractivity contribution in [2.75, 3.05) is 44.4 Å². The molecule has 2 unspecified atom stereocenters. The molecule has 10 nitrogen and oxygen atoms in total. The Labute approximate surface area is 209 Å². The molecule has 6 rings (SSSR count). The summed E-state index contributed by atoms with van der Waals surface area (Å²) in [6.07, 6.45) is 1.07. The first-order chi connectivity index (χ1) is 17.5. The lowest BCUT2D eigenvalue weighted by molar-refractivity contribution is -0.134. The molecule has 0 aromatic heterocycles. The standard InChI is InChI=1S/C26H30N6O4/c1-16-19(6-7-22-23(16)14-36-26(22)35)24(33)13-30-8-10-31(11-9-30)25(34)21-4-2-17-12-18(3-5-20(17)21)32-15-27-28-29-32/h3,5-7,12,21,24,33H,2,4,8-11,13-15H2,1H3,(H,27,29). The second-order valence-electron chi connectivity index (χ2n) is 9.91. The number of piperazine rings is 1. The van der Waals surface area contributed by atoms with Crippen molar-refractivity contribution in [3.8, 4) is 0 Å². The van der Waals surface area contributed by atoms with Gasteiger partial charge >= 0.3 is 5.97 Å². The van der Waals surface area contributed by atoms with Gasteiger partial charge in [0.15, 0.2) is 6.67 Å². The van der Waals surface area contributed by atoms with E-state index in [-0.39, 0.29) is 24.4 Å². The van der Waals surface area contributed by atoms with Crippen molar-refractivity contribution in [1.82, 2.24) is 15.3 Å². The van der Waals surface area contributed by atoms with E-state index in [9.17, 15) is 14.7 Å². The zero-order valence-electron chi connectivity index (χ0n) is 20.3. The highest BCUT2D eigenvalue weighted by Crippen LogP contribution is 2.37. The van der Waals surface area contributed by atoms with Gasteiger partial charge in [0.2, 0.25) is 5.91 Å². The second-order valence-corrected chi connectivity index (χ2v) is 9.91. The molecule has 2 aromatic carbocycles. The largest absolute Gasteiger partial charge is 0.457 e. The number of nitrogens with one attached hydrogen (secondary N) is 1. The van der Waals surface area contributed by atoms with Crippen molar-refractivity contribution >= 4 is 17.6 Å². The number of carbonyl (C=O) groups excluding carboxylic acids is 2. The number of benzene rings is 2. The number of esters is 1. The minimum atomic E-state index is -0.658. The summed E-state index contributed by atoms with van der Waals surface area (Å²) in [4.78, 5) is 29.4. The lowest BCUT2D eigenvalue weighted by atomic mass is 9.95. The van der Waals surface area contributed by atoms with Crippen LogP contribution in [0.2, 0.25) is 0 Å². The van der Waals surface area contributed by atoms with Gasteiger partial charge in [-0.05, 0) is 60.2 Å². The van der Waals surface area contributed by atoms with Crippen molar-refractivity contribution in [3.05, 3.63) is 63.7 Å². The van der Waals surface area contributed by atoms with Crippen LogP contribution in [0.15, 0.2) is 40.7 Å². The Morgan fingerprint density at radius 3 is 2.83 bits per heavy atom. The van der Waals surface area contributed by atoms with Crippen LogP contribution in [0.4, 0.5) is 5.69 Å². The first-order valence-corrected chi connectivity index (χ1v) is 12.5. The fourth-order valence-electron chi connectivity index (χ4n) is 5.82. The number of carbonyl (C=O) groups is 2. The number of aliphatic hydroxyl groups is 1. The van der Waals surface area contributed by atoms with Gasteiger partial charge < -0.3 is 14.7 Å². The first kappa shape index (κ1) is 22.9. The number of aliphatic hydroxyl groups excluding tert-OH is 1. The number of fused-ring (bicyclic) bond motifs is 2. The van der Waals surface area contributed by atoms with E-state index in [4.69, 9.17) is 4.74 Å². The molecule has 0 saturated carbocycles. The number of anilines is 1. The Bertz CT molecular complexity index is 1230. The van der Waals surface area contributed by atoms with Crippen molar-refractivity contribution < 1.29 is 19.4 Å². The van der Waals surface area contributed by atoms with Crippen LogP contribution in [-0.4, -0.2) is 66.2 Å². The van der Waals surface area contributed by atoms with Gasteiger partial charge in [-0.1, -0.05) is 17.4 Å². The molecule has 1 aliphatic carbocycles. The number of hydrazine groups is 1. The Morgan fingerprint density at radius 2 is 2.06 bits per heavy atom. The summed E-state index contributed by atoms with van der Waals surface area (Å²) < 4.78 is 5.14. The van der Waals surface area contributed by atoms with Crippen molar-refractivity contribution in [2.24, 2.45) is 10.3 Å². The Kier molecular flexibility index (Phi) is 5.85. The Morgan fingerprint density at radius 1 is 1.22 bits per heavy atom. The molecule has 1 amide bonds. The van der Waals surface area contributed by atoms with Crippen molar-refractivity contribution in [2.45, 2.75) is 38.4 Å². The predicted octanol–water partition coefficient (Wildman–Crippen LogP) is 2.22. The van der Waals surface area contributed by atoms with Crippen LogP contribution in [0.3, 0.4) is 0 Å². The number of cyclic esters (lactones) is 1. The topological polar surface area (TPSA) is 110 Å². The van der Waals surface area contributed by atoms with Crippen molar-refractivity contribution in [1.29, 1.82) is 0 Å². The van der Waals surface area contributed by atoms with Crippen LogP contribution in [-0.2, 0) is 22.6 Å². The van der Waals surface area contributed by atoms with E-state index in [2.05, 4.69) is 32.9 Å². The van der Waals surface area contributed by atoms with Gasteiger partial charge in [-0.2, -0.15) is 5.53 Å². The SMILES string of the molecule is Cc1c(C(O)CN2CCN(C(=O)C3CCc4cc(N5CN=NN5)ccc43)CC2)ccc2c1COC2=O. The molecule has 2 atom stereocenters. The van der Waals surface area contributed by atoms with Crippen molar-refractivity contribution in [3.63, 3.8) is 0 Å². The first-order valence-electron chi connectivity index (χ1n) is 12.5. The molecule has 36 heavy (non-hydrogen) atoms. The van der Waals surface area contributed by atoms with Crippen LogP contribution in [0.5, 0.6) is 0 Å². The van der Waals surface area contributed by atoms with Gasteiger partial charge in [0.1, 0.15) is 6.61 Å². The maximum Gasteiger partial charge on any atom is 0.338 e. The minimum Gasteiger partial charge on any atom is -0.457 e. The van der Waals surface area contributed by atoms with Crippen LogP contribution in [0, 0.1) is 6.92 Å². The molecule has 188 valence electrons. The van der Waals surface area contributed by atoms with E-state index >= 15 is 0 Å². The van der Waals surface area contributed by atoms with Crippen LogP contribution < -0.4 is 10.5 Å². The van der Waals surface area contributed by atoms with Crippen LogP contribution in [0.25, 0.3) is 0 Å². The van der Waals surface area contributed by atoms with E-state index in [1.54, 1.807) is 6.07 Å². The predicted molar refractivity (Wildman–Crippen MR) is 131 cm³/mol. The molecule has 1 saturated heterocycles. The van der Waals surface area contributed by atoms with Gasteiger partial charge in [-0.3, -0.25) is 9.69 Å². The molecule has 10 heteroatoms. The highest BCUT2D eigenvalue weighted by atomic mass is 16.5. The maximum atomic E-state index is 13.4. The number of rotatable bonds is 5. The quantitative estimate of drug-likeness (QED) is 0.619. The highest BCUT2D eigenvalue weighted by Gasteiger charge is 2.34.